The zero-order chi connectivity index (χ0) is 17.7. The summed E-state index contributed by atoms with van der Waals surface area (Å²) in [5, 5.41) is 3.60. The number of rotatable bonds is 4. The molecule has 0 radical (unpaired) electrons. The van der Waals surface area contributed by atoms with E-state index in [0.29, 0.717) is 6.04 Å². The van der Waals surface area contributed by atoms with E-state index in [0.717, 1.165) is 32.5 Å². The number of hydrogen-bond donors (Lipinski definition) is 1. The third kappa shape index (κ3) is 5.71. The monoisotopic (exact) mass is 333 g/mol. The van der Waals surface area contributed by atoms with Gasteiger partial charge in [-0.25, -0.2) is 4.79 Å². The molecule has 134 valence electrons. The molecule has 1 saturated heterocycles. The zero-order valence-electron chi connectivity index (χ0n) is 15.6. The molecule has 0 atom stereocenters. The first-order valence-electron chi connectivity index (χ1n) is 8.72. The van der Waals surface area contributed by atoms with Crippen molar-refractivity contribution in [2.45, 2.75) is 51.8 Å². The van der Waals surface area contributed by atoms with Gasteiger partial charge in [-0.2, -0.15) is 0 Å². The van der Waals surface area contributed by atoms with Crippen molar-refractivity contribution < 1.29 is 9.53 Å². The summed E-state index contributed by atoms with van der Waals surface area (Å²) >= 11 is 0. The van der Waals surface area contributed by atoms with E-state index in [2.05, 4.69) is 34.5 Å². The molecule has 24 heavy (non-hydrogen) atoms. The number of carbonyl (C=O) groups excluding carboxylic acids is 1. The van der Waals surface area contributed by atoms with Gasteiger partial charge < -0.3 is 19.9 Å². The second-order valence-electron chi connectivity index (χ2n) is 7.68. The molecule has 0 aromatic heterocycles. The Morgan fingerprint density at radius 2 is 1.79 bits per heavy atom. The van der Waals surface area contributed by atoms with Gasteiger partial charge in [0.05, 0.1) is 0 Å². The Kier molecular flexibility index (Phi) is 6.10. The van der Waals surface area contributed by atoms with Gasteiger partial charge in [0.2, 0.25) is 0 Å². The van der Waals surface area contributed by atoms with Crippen LogP contribution in [0, 0.1) is 0 Å². The van der Waals surface area contributed by atoms with Crippen LogP contribution in [0.2, 0.25) is 0 Å². The Balaban J connectivity index is 1.74. The van der Waals surface area contributed by atoms with Gasteiger partial charge >= 0.3 is 6.09 Å². The maximum absolute atomic E-state index is 12.1. The van der Waals surface area contributed by atoms with E-state index in [1.54, 1.807) is 0 Å². The first-order chi connectivity index (χ1) is 11.2. The number of hydrogen-bond acceptors (Lipinski definition) is 4. The number of ether oxygens (including phenoxy) is 1. The molecule has 1 aromatic carbocycles. The number of benzene rings is 1. The minimum atomic E-state index is -0.426. The lowest BCUT2D eigenvalue weighted by Crippen LogP contribution is -2.46. The van der Waals surface area contributed by atoms with E-state index in [-0.39, 0.29) is 6.09 Å². The van der Waals surface area contributed by atoms with E-state index >= 15 is 0 Å². The van der Waals surface area contributed by atoms with E-state index in [1.165, 1.54) is 11.3 Å². The van der Waals surface area contributed by atoms with Gasteiger partial charge in [0, 0.05) is 45.5 Å². The Hall–Kier alpha value is -1.75. The van der Waals surface area contributed by atoms with Crippen LogP contribution in [0.5, 0.6) is 0 Å². The summed E-state index contributed by atoms with van der Waals surface area (Å²) in [5.74, 6) is 0. The molecule has 0 bridgehead atoms. The van der Waals surface area contributed by atoms with Gasteiger partial charge in [0.25, 0.3) is 0 Å². The lowest BCUT2D eigenvalue weighted by molar-refractivity contribution is 0.0198. The van der Waals surface area contributed by atoms with Gasteiger partial charge in [-0.05, 0) is 51.3 Å². The third-order valence-corrected chi connectivity index (χ3v) is 4.19. The summed E-state index contributed by atoms with van der Waals surface area (Å²) in [6.45, 7) is 8.09. The van der Waals surface area contributed by atoms with Crippen LogP contribution in [0.15, 0.2) is 24.3 Å². The van der Waals surface area contributed by atoms with Crippen molar-refractivity contribution in [1.29, 1.82) is 0 Å². The van der Waals surface area contributed by atoms with Crippen molar-refractivity contribution in [3.05, 3.63) is 29.8 Å². The number of nitrogens with zero attached hydrogens (tertiary/aromatic N) is 2. The molecule has 1 aliphatic rings. The highest BCUT2D eigenvalue weighted by Gasteiger charge is 2.26. The van der Waals surface area contributed by atoms with Crippen LogP contribution in [0.25, 0.3) is 0 Å². The van der Waals surface area contributed by atoms with Gasteiger partial charge in [-0.1, -0.05) is 12.1 Å². The second kappa shape index (κ2) is 7.88. The average Bonchev–Trinajstić information content (AvgIpc) is 2.52. The van der Waals surface area contributed by atoms with Gasteiger partial charge in [-0.3, -0.25) is 0 Å². The van der Waals surface area contributed by atoms with Crippen LogP contribution >= 0.6 is 0 Å². The molecule has 2 rings (SSSR count). The summed E-state index contributed by atoms with van der Waals surface area (Å²) in [4.78, 5) is 16.0. The minimum absolute atomic E-state index is 0.194. The molecule has 0 unspecified atom stereocenters. The van der Waals surface area contributed by atoms with Crippen molar-refractivity contribution in [3.8, 4) is 0 Å². The molecule has 0 spiro atoms. The quantitative estimate of drug-likeness (QED) is 0.919. The fourth-order valence-corrected chi connectivity index (χ4v) is 2.77. The Morgan fingerprint density at radius 3 is 2.29 bits per heavy atom. The highest BCUT2D eigenvalue weighted by molar-refractivity contribution is 5.68. The normalized spacial score (nSPS) is 16.1. The van der Waals surface area contributed by atoms with Gasteiger partial charge in [0.1, 0.15) is 5.60 Å². The molecule has 0 aliphatic carbocycles. The first kappa shape index (κ1) is 18.6. The number of amides is 1. The molecule has 0 saturated carbocycles. The predicted molar refractivity (Wildman–Crippen MR) is 98.4 cm³/mol. The van der Waals surface area contributed by atoms with Crippen LogP contribution < -0.4 is 10.2 Å². The number of likely N-dealkylation sites (tertiary alicyclic amines) is 1. The van der Waals surface area contributed by atoms with E-state index in [4.69, 9.17) is 4.74 Å². The van der Waals surface area contributed by atoms with Crippen LogP contribution in [0.4, 0.5) is 10.5 Å². The van der Waals surface area contributed by atoms with E-state index in [9.17, 15) is 4.79 Å². The molecule has 1 heterocycles. The zero-order valence-corrected chi connectivity index (χ0v) is 15.6. The molecular weight excluding hydrogens is 302 g/mol. The highest BCUT2D eigenvalue weighted by Crippen LogP contribution is 2.16. The molecule has 1 N–H and O–H groups in total. The number of carbonyl (C=O) groups is 1. The third-order valence-electron chi connectivity index (χ3n) is 4.19. The highest BCUT2D eigenvalue weighted by atomic mass is 16.6. The van der Waals surface area contributed by atoms with Crippen molar-refractivity contribution in [1.82, 2.24) is 10.2 Å². The number of piperidine rings is 1. The van der Waals surface area contributed by atoms with Crippen molar-refractivity contribution >= 4 is 11.8 Å². The average molecular weight is 333 g/mol. The van der Waals surface area contributed by atoms with E-state index in [1.807, 2.05) is 39.8 Å². The predicted octanol–water partition coefficient (Wildman–Crippen LogP) is 3.24. The lowest BCUT2D eigenvalue weighted by atomic mass is 10.0. The largest absolute Gasteiger partial charge is 0.444 e. The standard InChI is InChI=1S/C19H31N3O2/c1-19(2,3)24-18(23)22-12-10-16(11-13-22)20-14-15-6-8-17(9-7-15)21(4)5/h6-9,16,20H,10-14H2,1-5H3. The van der Waals surface area contributed by atoms with Gasteiger partial charge in [-0.15, -0.1) is 0 Å². The summed E-state index contributed by atoms with van der Waals surface area (Å²) in [7, 11) is 4.09. The molecular formula is C19H31N3O2. The lowest BCUT2D eigenvalue weighted by Gasteiger charge is -2.33. The summed E-state index contributed by atoms with van der Waals surface area (Å²) in [6, 6.07) is 9.07. The van der Waals surface area contributed by atoms with Crippen LogP contribution in [-0.2, 0) is 11.3 Å². The maximum Gasteiger partial charge on any atom is 0.410 e. The minimum Gasteiger partial charge on any atom is -0.444 e. The summed E-state index contributed by atoms with van der Waals surface area (Å²) in [6.07, 6.45) is 1.74. The van der Waals surface area contributed by atoms with E-state index < -0.39 is 5.60 Å². The molecule has 1 fully saturated rings. The van der Waals surface area contributed by atoms with Crippen LogP contribution in [0.3, 0.4) is 0 Å². The van der Waals surface area contributed by atoms with Crippen LogP contribution in [0.1, 0.15) is 39.2 Å². The fraction of sp³-hybridized carbons (Fsp3) is 0.632. The Bertz CT molecular complexity index is 527. The van der Waals surface area contributed by atoms with Crippen molar-refractivity contribution in [2.24, 2.45) is 0 Å². The summed E-state index contributed by atoms with van der Waals surface area (Å²) < 4.78 is 5.43. The number of anilines is 1. The molecule has 1 amide bonds. The SMILES string of the molecule is CN(C)c1ccc(CNC2CCN(C(=O)OC(C)(C)C)CC2)cc1. The molecule has 1 aromatic rings. The number of nitrogens with one attached hydrogen (secondary N) is 1. The maximum atomic E-state index is 12.1. The Morgan fingerprint density at radius 1 is 1.21 bits per heavy atom. The summed E-state index contributed by atoms with van der Waals surface area (Å²) in [5.41, 5.74) is 2.07. The van der Waals surface area contributed by atoms with Crippen molar-refractivity contribution in [2.75, 3.05) is 32.1 Å². The fourth-order valence-electron chi connectivity index (χ4n) is 2.77. The second-order valence-corrected chi connectivity index (χ2v) is 7.68. The topological polar surface area (TPSA) is 44.8 Å². The van der Waals surface area contributed by atoms with Crippen molar-refractivity contribution in [3.63, 3.8) is 0 Å². The smallest absolute Gasteiger partial charge is 0.410 e. The molecule has 5 heteroatoms. The Labute approximate surface area is 146 Å². The van der Waals surface area contributed by atoms with Gasteiger partial charge in [0.15, 0.2) is 0 Å². The molecule has 1 aliphatic heterocycles. The molecule has 5 nitrogen and oxygen atoms in total. The first-order valence-corrected chi connectivity index (χ1v) is 8.72. The van der Waals surface area contributed by atoms with Crippen LogP contribution in [-0.4, -0.2) is 49.8 Å².